The van der Waals surface area contributed by atoms with Gasteiger partial charge in [-0.15, -0.1) is 0 Å². The molecule has 0 saturated carbocycles. The maximum Gasteiger partial charge on any atom is 0.306 e. The van der Waals surface area contributed by atoms with Gasteiger partial charge in [0.25, 0.3) is 0 Å². The number of benzene rings is 1. The fourth-order valence-corrected chi connectivity index (χ4v) is 2.75. The molecular formula is C16H19N3O3. The standard InChI is InChI=1S/C16H19N3O3/c1-22-13-4-2-11(3-5-13)14-10-15(18-17-14)19-8-6-12(7-9-19)16(20)21/h2-5,10,12H,6-9H2,1H3,(H,17,18)(H,20,21). The predicted octanol–water partition coefficient (Wildman–Crippen LogP) is 2.39. The summed E-state index contributed by atoms with van der Waals surface area (Å²) in [4.78, 5) is 13.1. The van der Waals surface area contributed by atoms with E-state index in [1.165, 1.54) is 0 Å². The van der Waals surface area contributed by atoms with Crippen molar-refractivity contribution in [3.05, 3.63) is 30.3 Å². The van der Waals surface area contributed by atoms with Crippen LogP contribution in [0.25, 0.3) is 11.3 Å². The highest BCUT2D eigenvalue weighted by Crippen LogP contribution is 2.26. The molecule has 1 aromatic heterocycles. The Morgan fingerprint density at radius 1 is 1.32 bits per heavy atom. The van der Waals surface area contributed by atoms with Crippen LogP contribution in [0, 0.1) is 5.92 Å². The Balaban J connectivity index is 1.70. The number of piperidine rings is 1. The molecular weight excluding hydrogens is 282 g/mol. The second-order valence-corrected chi connectivity index (χ2v) is 5.47. The number of methoxy groups -OCH3 is 1. The molecule has 0 aliphatic carbocycles. The summed E-state index contributed by atoms with van der Waals surface area (Å²) >= 11 is 0. The molecule has 3 rings (SSSR count). The number of ether oxygens (including phenoxy) is 1. The summed E-state index contributed by atoms with van der Waals surface area (Å²) in [6, 6.07) is 9.78. The van der Waals surface area contributed by atoms with Gasteiger partial charge in [-0.1, -0.05) is 0 Å². The molecule has 2 N–H and O–H groups in total. The second kappa shape index (κ2) is 6.09. The SMILES string of the molecule is COc1ccc(-c2cc(N3CCC(C(=O)O)CC3)n[nH]2)cc1. The van der Waals surface area contributed by atoms with E-state index in [1.807, 2.05) is 30.3 Å². The van der Waals surface area contributed by atoms with Crippen molar-refractivity contribution in [1.29, 1.82) is 0 Å². The zero-order valence-electron chi connectivity index (χ0n) is 12.5. The van der Waals surface area contributed by atoms with Crippen molar-refractivity contribution in [2.24, 2.45) is 5.92 Å². The first-order valence-electron chi connectivity index (χ1n) is 7.35. The van der Waals surface area contributed by atoms with Gasteiger partial charge in [0.2, 0.25) is 0 Å². The van der Waals surface area contributed by atoms with Crippen molar-refractivity contribution in [2.75, 3.05) is 25.1 Å². The average Bonchev–Trinajstić information content (AvgIpc) is 3.05. The van der Waals surface area contributed by atoms with E-state index in [1.54, 1.807) is 7.11 Å². The van der Waals surface area contributed by atoms with Gasteiger partial charge >= 0.3 is 5.97 Å². The van der Waals surface area contributed by atoms with Crippen LogP contribution in [0.2, 0.25) is 0 Å². The average molecular weight is 301 g/mol. The quantitative estimate of drug-likeness (QED) is 0.906. The Morgan fingerprint density at radius 2 is 2.00 bits per heavy atom. The molecule has 1 aliphatic heterocycles. The van der Waals surface area contributed by atoms with Gasteiger partial charge in [-0.05, 0) is 42.7 Å². The van der Waals surface area contributed by atoms with Crippen LogP contribution in [0.1, 0.15) is 12.8 Å². The van der Waals surface area contributed by atoms with Crippen molar-refractivity contribution in [2.45, 2.75) is 12.8 Å². The number of hydrogen-bond donors (Lipinski definition) is 2. The van der Waals surface area contributed by atoms with E-state index in [0.717, 1.165) is 35.9 Å². The topological polar surface area (TPSA) is 78.4 Å². The van der Waals surface area contributed by atoms with E-state index in [9.17, 15) is 4.79 Å². The number of nitrogens with zero attached hydrogens (tertiary/aromatic N) is 2. The first-order valence-corrected chi connectivity index (χ1v) is 7.35. The molecule has 0 bridgehead atoms. The van der Waals surface area contributed by atoms with Crippen molar-refractivity contribution in [3.8, 4) is 17.0 Å². The highest BCUT2D eigenvalue weighted by molar-refractivity contribution is 5.70. The lowest BCUT2D eigenvalue weighted by molar-refractivity contribution is -0.142. The van der Waals surface area contributed by atoms with Gasteiger partial charge in [0, 0.05) is 19.2 Å². The minimum absolute atomic E-state index is 0.226. The lowest BCUT2D eigenvalue weighted by atomic mass is 9.97. The van der Waals surface area contributed by atoms with Crippen LogP contribution in [0.3, 0.4) is 0 Å². The van der Waals surface area contributed by atoms with Crippen LogP contribution >= 0.6 is 0 Å². The molecule has 0 atom stereocenters. The number of aliphatic carboxylic acids is 1. The summed E-state index contributed by atoms with van der Waals surface area (Å²) in [5.74, 6) is 0.769. The van der Waals surface area contributed by atoms with Crippen LogP contribution < -0.4 is 9.64 Å². The number of aromatic nitrogens is 2. The highest BCUT2D eigenvalue weighted by Gasteiger charge is 2.25. The van der Waals surface area contributed by atoms with Crippen LogP contribution in [0.5, 0.6) is 5.75 Å². The molecule has 1 fully saturated rings. The number of anilines is 1. The number of carboxylic acids is 1. The molecule has 1 aliphatic rings. The number of hydrogen-bond acceptors (Lipinski definition) is 4. The summed E-state index contributed by atoms with van der Waals surface area (Å²) < 4.78 is 5.15. The van der Waals surface area contributed by atoms with Crippen molar-refractivity contribution in [1.82, 2.24) is 10.2 Å². The van der Waals surface area contributed by atoms with Gasteiger partial charge in [0.15, 0.2) is 5.82 Å². The summed E-state index contributed by atoms with van der Waals surface area (Å²) in [7, 11) is 1.64. The maximum absolute atomic E-state index is 11.0. The summed E-state index contributed by atoms with van der Waals surface area (Å²) in [6.45, 7) is 1.45. The fourth-order valence-electron chi connectivity index (χ4n) is 2.75. The van der Waals surface area contributed by atoms with E-state index in [0.29, 0.717) is 12.8 Å². The second-order valence-electron chi connectivity index (χ2n) is 5.47. The third kappa shape index (κ3) is 2.90. The molecule has 1 saturated heterocycles. The third-order valence-corrected chi connectivity index (χ3v) is 4.13. The maximum atomic E-state index is 11.0. The number of carbonyl (C=O) groups is 1. The van der Waals surface area contributed by atoms with Crippen LogP contribution in [-0.4, -0.2) is 41.5 Å². The molecule has 6 heteroatoms. The van der Waals surface area contributed by atoms with Crippen LogP contribution in [0.4, 0.5) is 5.82 Å². The van der Waals surface area contributed by atoms with Gasteiger partial charge in [0.1, 0.15) is 5.75 Å². The van der Waals surface area contributed by atoms with Gasteiger partial charge in [-0.2, -0.15) is 5.10 Å². The first-order chi connectivity index (χ1) is 10.7. The number of H-pyrrole nitrogens is 1. The molecule has 22 heavy (non-hydrogen) atoms. The predicted molar refractivity (Wildman–Crippen MR) is 83.1 cm³/mol. The fraction of sp³-hybridized carbons (Fsp3) is 0.375. The molecule has 6 nitrogen and oxygen atoms in total. The molecule has 0 amide bonds. The summed E-state index contributed by atoms with van der Waals surface area (Å²) in [6.07, 6.45) is 1.33. The molecule has 2 aromatic rings. The molecule has 1 aromatic carbocycles. The number of nitrogens with one attached hydrogen (secondary N) is 1. The van der Waals surface area contributed by atoms with E-state index < -0.39 is 5.97 Å². The lowest BCUT2D eigenvalue weighted by Gasteiger charge is -2.29. The molecule has 0 unspecified atom stereocenters. The van der Waals surface area contributed by atoms with E-state index in [-0.39, 0.29) is 5.92 Å². The number of rotatable bonds is 4. The van der Waals surface area contributed by atoms with E-state index >= 15 is 0 Å². The van der Waals surface area contributed by atoms with Gasteiger partial charge < -0.3 is 14.7 Å². The van der Waals surface area contributed by atoms with Crippen LogP contribution in [-0.2, 0) is 4.79 Å². The molecule has 0 radical (unpaired) electrons. The number of aromatic amines is 1. The Hall–Kier alpha value is -2.50. The first kappa shape index (κ1) is 14.4. The largest absolute Gasteiger partial charge is 0.497 e. The Morgan fingerprint density at radius 3 is 2.59 bits per heavy atom. The Kier molecular flexibility index (Phi) is 4.00. The van der Waals surface area contributed by atoms with Crippen molar-refractivity contribution in [3.63, 3.8) is 0 Å². The molecule has 2 heterocycles. The molecule has 0 spiro atoms. The minimum Gasteiger partial charge on any atom is -0.497 e. The van der Waals surface area contributed by atoms with E-state index in [4.69, 9.17) is 9.84 Å². The van der Waals surface area contributed by atoms with Gasteiger partial charge in [-0.25, -0.2) is 0 Å². The lowest BCUT2D eigenvalue weighted by Crippen LogP contribution is -2.36. The Bertz CT molecular complexity index is 643. The minimum atomic E-state index is -0.694. The zero-order chi connectivity index (χ0) is 15.5. The highest BCUT2D eigenvalue weighted by atomic mass is 16.5. The summed E-state index contributed by atoms with van der Waals surface area (Å²) in [5.41, 5.74) is 1.98. The normalized spacial score (nSPS) is 15.8. The monoisotopic (exact) mass is 301 g/mol. The third-order valence-electron chi connectivity index (χ3n) is 4.13. The van der Waals surface area contributed by atoms with Crippen molar-refractivity contribution < 1.29 is 14.6 Å². The van der Waals surface area contributed by atoms with Crippen molar-refractivity contribution >= 4 is 11.8 Å². The summed E-state index contributed by atoms with van der Waals surface area (Å²) in [5, 5.41) is 16.4. The zero-order valence-corrected chi connectivity index (χ0v) is 12.5. The smallest absolute Gasteiger partial charge is 0.306 e. The Labute approximate surface area is 128 Å². The molecule has 116 valence electrons. The van der Waals surface area contributed by atoms with E-state index in [2.05, 4.69) is 15.1 Å². The number of carboxylic acid groups (broad SMARTS) is 1. The van der Waals surface area contributed by atoms with Gasteiger partial charge in [-0.3, -0.25) is 9.89 Å². The van der Waals surface area contributed by atoms with Gasteiger partial charge in [0.05, 0.1) is 18.7 Å². The van der Waals surface area contributed by atoms with Crippen LogP contribution in [0.15, 0.2) is 30.3 Å².